The van der Waals surface area contributed by atoms with Crippen molar-refractivity contribution in [1.82, 2.24) is 15.3 Å². The number of carbonyl (C=O) groups is 1. The van der Waals surface area contributed by atoms with Crippen LogP contribution in [0.3, 0.4) is 0 Å². The van der Waals surface area contributed by atoms with E-state index in [1.807, 2.05) is 31.3 Å². The number of hydrogen-bond acceptors (Lipinski definition) is 5. The van der Waals surface area contributed by atoms with Gasteiger partial charge in [-0.05, 0) is 62.2 Å². The Kier molecular flexibility index (Phi) is 5.96. The summed E-state index contributed by atoms with van der Waals surface area (Å²) in [6.07, 6.45) is 8.38. The predicted molar refractivity (Wildman–Crippen MR) is 103 cm³/mol. The minimum absolute atomic E-state index is 0.737. The van der Waals surface area contributed by atoms with Gasteiger partial charge in [0.25, 0.3) is 0 Å². The molecule has 0 radical (unpaired) electrons. The van der Waals surface area contributed by atoms with Crippen molar-refractivity contribution in [3.8, 4) is 11.3 Å². The summed E-state index contributed by atoms with van der Waals surface area (Å²) in [5.74, 6) is 0.746. The molecule has 0 unspecified atom stereocenters. The molecule has 2 aromatic rings. The molecule has 0 atom stereocenters. The Morgan fingerprint density at radius 1 is 1.35 bits per heavy atom. The number of carboxylic acids is 1. The molecule has 0 aromatic carbocycles. The van der Waals surface area contributed by atoms with Crippen LogP contribution >= 0.6 is 0 Å². The summed E-state index contributed by atoms with van der Waals surface area (Å²) in [5.41, 5.74) is 2.47. The van der Waals surface area contributed by atoms with Crippen molar-refractivity contribution in [2.24, 2.45) is 5.92 Å². The summed E-state index contributed by atoms with van der Waals surface area (Å²) >= 11 is 0. The van der Waals surface area contributed by atoms with Crippen LogP contribution in [0, 0.1) is 5.92 Å². The third-order valence-corrected chi connectivity index (χ3v) is 4.64. The van der Waals surface area contributed by atoms with E-state index in [2.05, 4.69) is 15.2 Å². The lowest BCUT2D eigenvalue weighted by Crippen LogP contribution is -2.37. The summed E-state index contributed by atoms with van der Waals surface area (Å²) in [4.78, 5) is 22.0. The number of hydrogen-bond donors (Lipinski definition) is 2. The predicted octanol–water partition coefficient (Wildman–Crippen LogP) is 2.68. The molecule has 3 rings (SSSR count). The molecular formula is C20H24N4O2. The molecule has 26 heavy (non-hydrogen) atoms. The largest absolute Gasteiger partial charge is 0.478 e. The fraction of sp³-hybridized carbons (Fsp3) is 0.350. The maximum absolute atomic E-state index is 10.7. The minimum atomic E-state index is -0.975. The van der Waals surface area contributed by atoms with Crippen LogP contribution in [0.2, 0.25) is 0 Å². The molecule has 0 bridgehead atoms. The van der Waals surface area contributed by atoms with E-state index in [9.17, 15) is 4.79 Å². The van der Waals surface area contributed by atoms with E-state index < -0.39 is 5.97 Å². The van der Waals surface area contributed by atoms with Crippen LogP contribution in [0.25, 0.3) is 17.3 Å². The van der Waals surface area contributed by atoms with Crippen molar-refractivity contribution >= 4 is 17.9 Å². The van der Waals surface area contributed by atoms with Gasteiger partial charge in [0, 0.05) is 37.1 Å². The second-order valence-electron chi connectivity index (χ2n) is 6.55. The maximum atomic E-state index is 10.7. The number of pyridine rings is 2. The van der Waals surface area contributed by atoms with Gasteiger partial charge in [-0.3, -0.25) is 4.98 Å². The number of anilines is 1. The first kappa shape index (κ1) is 18.1. The van der Waals surface area contributed by atoms with Crippen LogP contribution in [0.1, 0.15) is 18.4 Å². The van der Waals surface area contributed by atoms with E-state index in [0.717, 1.165) is 54.3 Å². The van der Waals surface area contributed by atoms with Crippen LogP contribution in [0.5, 0.6) is 0 Å². The summed E-state index contributed by atoms with van der Waals surface area (Å²) in [6, 6.07) is 7.91. The number of piperidine rings is 1. The van der Waals surface area contributed by atoms with E-state index in [1.165, 1.54) is 18.9 Å². The van der Waals surface area contributed by atoms with E-state index in [1.54, 1.807) is 12.4 Å². The van der Waals surface area contributed by atoms with Gasteiger partial charge in [-0.25, -0.2) is 9.78 Å². The van der Waals surface area contributed by atoms with Crippen molar-refractivity contribution in [2.75, 3.05) is 31.6 Å². The number of nitrogens with one attached hydrogen (secondary N) is 1. The average molecular weight is 352 g/mol. The fourth-order valence-electron chi connectivity index (χ4n) is 3.27. The molecule has 3 heterocycles. The normalized spacial score (nSPS) is 15.5. The Balaban J connectivity index is 1.76. The van der Waals surface area contributed by atoms with Crippen LogP contribution in [-0.4, -0.2) is 47.7 Å². The maximum Gasteiger partial charge on any atom is 0.328 e. The van der Waals surface area contributed by atoms with Gasteiger partial charge in [0.15, 0.2) is 0 Å². The Morgan fingerprint density at radius 2 is 2.15 bits per heavy atom. The van der Waals surface area contributed by atoms with Gasteiger partial charge in [0.1, 0.15) is 5.82 Å². The van der Waals surface area contributed by atoms with Crippen LogP contribution in [-0.2, 0) is 4.79 Å². The third kappa shape index (κ3) is 4.67. The fourth-order valence-corrected chi connectivity index (χ4v) is 3.27. The quantitative estimate of drug-likeness (QED) is 0.778. The van der Waals surface area contributed by atoms with Crippen molar-refractivity contribution in [2.45, 2.75) is 12.8 Å². The highest BCUT2D eigenvalue weighted by atomic mass is 16.4. The molecule has 1 aliphatic heterocycles. The second-order valence-corrected chi connectivity index (χ2v) is 6.55. The zero-order valence-corrected chi connectivity index (χ0v) is 14.9. The molecule has 0 amide bonds. The standard InChI is InChI=1S/C20H24N4O2/c1-21-12-15-7-9-24(10-8-15)19-4-2-3-18(23-19)17-11-16(13-22-14-17)5-6-20(25)26/h2-6,11,13-15,21H,7-10,12H2,1H3,(H,25,26)/b6-5+. The Hall–Kier alpha value is -2.73. The van der Waals surface area contributed by atoms with Gasteiger partial charge in [0.05, 0.1) is 5.69 Å². The molecule has 0 spiro atoms. The number of carboxylic acid groups (broad SMARTS) is 1. The lowest BCUT2D eigenvalue weighted by atomic mass is 9.97. The highest BCUT2D eigenvalue weighted by Crippen LogP contribution is 2.25. The smallest absolute Gasteiger partial charge is 0.328 e. The Bertz CT molecular complexity index is 783. The van der Waals surface area contributed by atoms with Crippen molar-refractivity contribution in [3.05, 3.63) is 48.3 Å². The average Bonchev–Trinajstić information content (AvgIpc) is 2.68. The summed E-state index contributed by atoms with van der Waals surface area (Å²) in [7, 11) is 2.01. The highest BCUT2D eigenvalue weighted by Gasteiger charge is 2.19. The molecule has 0 saturated carbocycles. The lowest BCUT2D eigenvalue weighted by molar-refractivity contribution is -0.131. The van der Waals surface area contributed by atoms with Crippen molar-refractivity contribution < 1.29 is 9.90 Å². The molecule has 1 saturated heterocycles. The van der Waals surface area contributed by atoms with Gasteiger partial charge in [0.2, 0.25) is 0 Å². The van der Waals surface area contributed by atoms with E-state index >= 15 is 0 Å². The second kappa shape index (κ2) is 8.58. The van der Waals surface area contributed by atoms with Crippen molar-refractivity contribution in [3.63, 3.8) is 0 Å². The van der Waals surface area contributed by atoms with Crippen LogP contribution < -0.4 is 10.2 Å². The molecule has 0 aliphatic carbocycles. The van der Waals surface area contributed by atoms with Gasteiger partial charge in [-0.2, -0.15) is 0 Å². The first-order valence-electron chi connectivity index (χ1n) is 8.89. The number of rotatable bonds is 6. The molecule has 2 N–H and O–H groups in total. The first-order valence-corrected chi connectivity index (χ1v) is 8.89. The number of aromatic nitrogens is 2. The topological polar surface area (TPSA) is 78.4 Å². The lowest BCUT2D eigenvalue weighted by Gasteiger charge is -2.32. The molecule has 1 fully saturated rings. The summed E-state index contributed by atoms with van der Waals surface area (Å²) in [6.45, 7) is 3.11. The Labute approximate surface area is 153 Å². The summed E-state index contributed by atoms with van der Waals surface area (Å²) < 4.78 is 0. The monoisotopic (exact) mass is 352 g/mol. The van der Waals surface area contributed by atoms with Gasteiger partial charge in [-0.1, -0.05) is 6.07 Å². The third-order valence-electron chi connectivity index (χ3n) is 4.64. The first-order chi connectivity index (χ1) is 12.7. The van der Waals surface area contributed by atoms with Crippen LogP contribution in [0.4, 0.5) is 5.82 Å². The molecule has 136 valence electrons. The number of nitrogens with zero attached hydrogens (tertiary/aromatic N) is 3. The van der Waals surface area contributed by atoms with Crippen LogP contribution in [0.15, 0.2) is 42.7 Å². The SMILES string of the molecule is CNCC1CCN(c2cccc(-c3cncc(/C=C/C(=O)O)c3)n2)CC1. The zero-order valence-electron chi connectivity index (χ0n) is 14.9. The van der Waals surface area contributed by atoms with Gasteiger partial charge >= 0.3 is 5.97 Å². The van der Waals surface area contributed by atoms with Gasteiger partial charge in [-0.15, -0.1) is 0 Å². The van der Waals surface area contributed by atoms with Gasteiger partial charge < -0.3 is 15.3 Å². The van der Waals surface area contributed by atoms with E-state index in [-0.39, 0.29) is 0 Å². The molecule has 6 heteroatoms. The van der Waals surface area contributed by atoms with Crippen molar-refractivity contribution in [1.29, 1.82) is 0 Å². The molecular weight excluding hydrogens is 328 g/mol. The zero-order chi connectivity index (χ0) is 18.4. The minimum Gasteiger partial charge on any atom is -0.478 e. The van der Waals surface area contributed by atoms with E-state index in [4.69, 9.17) is 10.1 Å². The highest BCUT2D eigenvalue weighted by molar-refractivity contribution is 5.85. The Morgan fingerprint density at radius 3 is 2.88 bits per heavy atom. The number of aliphatic carboxylic acids is 1. The molecule has 6 nitrogen and oxygen atoms in total. The molecule has 1 aliphatic rings. The molecule has 2 aromatic heterocycles. The van der Waals surface area contributed by atoms with E-state index in [0.29, 0.717) is 0 Å². The summed E-state index contributed by atoms with van der Waals surface area (Å²) in [5, 5.41) is 12.0.